The monoisotopic (exact) mass is 289 g/mol. The first-order chi connectivity index (χ1) is 10.0. The van der Waals surface area contributed by atoms with Gasteiger partial charge in [0.05, 0.1) is 24.5 Å². The lowest BCUT2D eigenvalue weighted by Crippen LogP contribution is -2.18. The lowest BCUT2D eigenvalue weighted by molar-refractivity contribution is 0.0524. The van der Waals surface area contributed by atoms with E-state index in [1.165, 1.54) is 4.79 Å². The summed E-state index contributed by atoms with van der Waals surface area (Å²) in [6, 6.07) is 7.06. The summed E-state index contributed by atoms with van der Waals surface area (Å²) in [4.78, 5) is 13.4. The molecule has 2 N–H and O–H groups in total. The molecule has 0 aliphatic rings. The molecule has 0 aliphatic carbocycles. The van der Waals surface area contributed by atoms with Gasteiger partial charge in [0.25, 0.3) is 0 Å². The lowest BCUT2D eigenvalue weighted by Gasteiger charge is -2.09. The van der Waals surface area contributed by atoms with Gasteiger partial charge in [-0.3, -0.25) is 0 Å². The van der Waals surface area contributed by atoms with Crippen molar-refractivity contribution in [3.05, 3.63) is 46.8 Å². The van der Waals surface area contributed by atoms with Crippen LogP contribution in [0.4, 0.5) is 0 Å². The van der Waals surface area contributed by atoms with E-state index in [0.717, 1.165) is 5.56 Å². The number of hydrogen-bond donors (Lipinski definition) is 2. The van der Waals surface area contributed by atoms with Crippen LogP contribution in [0.15, 0.2) is 24.3 Å². The van der Waals surface area contributed by atoms with Crippen LogP contribution in [0.1, 0.15) is 34.2 Å². The van der Waals surface area contributed by atoms with Crippen molar-refractivity contribution in [3.63, 3.8) is 0 Å². The molecule has 2 aromatic rings. The fourth-order valence-corrected chi connectivity index (χ4v) is 2.12. The molecule has 6 heteroatoms. The van der Waals surface area contributed by atoms with Gasteiger partial charge in [-0.2, -0.15) is 9.89 Å². The Morgan fingerprint density at radius 2 is 2.10 bits per heavy atom. The number of benzene rings is 1. The first-order valence-electron chi connectivity index (χ1n) is 6.78. The number of rotatable bonds is 5. The predicted octanol–water partition coefficient (Wildman–Crippen LogP) is 2.13. The molecule has 0 saturated heterocycles. The second kappa shape index (κ2) is 6.30. The molecule has 0 amide bonds. The molecule has 21 heavy (non-hydrogen) atoms. The number of phenols is 1. The number of aromatic nitrogens is 2. The number of nitrogens with one attached hydrogen (secondary N) is 1. The number of ether oxygens (including phenoxy) is 1. The molecule has 2 rings (SSSR count). The van der Waals surface area contributed by atoms with E-state index in [2.05, 4.69) is 10.5 Å². The molecular weight excluding hydrogens is 270 g/mol. The Labute approximate surface area is 123 Å². The third kappa shape index (κ3) is 3.16. The minimum atomic E-state index is -0.372. The van der Waals surface area contributed by atoms with Crippen molar-refractivity contribution >= 4 is 5.97 Å². The Balaban J connectivity index is 2.17. The van der Waals surface area contributed by atoms with E-state index in [4.69, 9.17) is 4.74 Å². The summed E-state index contributed by atoms with van der Waals surface area (Å²) in [6.45, 7) is 6.05. The maximum atomic E-state index is 11.9. The van der Waals surface area contributed by atoms with Crippen molar-refractivity contribution < 1.29 is 14.6 Å². The number of esters is 1. The van der Waals surface area contributed by atoms with Crippen molar-refractivity contribution in [3.8, 4) is 5.75 Å². The highest BCUT2D eigenvalue weighted by molar-refractivity contribution is 5.91. The Morgan fingerprint density at radius 3 is 2.76 bits per heavy atom. The van der Waals surface area contributed by atoms with Gasteiger partial charge in [-0.1, -0.05) is 18.2 Å². The number of carbonyl (C=O) groups is 1. The summed E-state index contributed by atoms with van der Waals surface area (Å²) < 4.78 is 5.02. The summed E-state index contributed by atoms with van der Waals surface area (Å²) in [5.41, 5.74) is 5.58. The maximum absolute atomic E-state index is 11.9. The first-order valence-corrected chi connectivity index (χ1v) is 6.78. The molecular formula is C15H19N3O3. The molecule has 0 atom stereocenters. The summed E-state index contributed by atoms with van der Waals surface area (Å²) in [7, 11) is 0. The van der Waals surface area contributed by atoms with E-state index in [-0.39, 0.29) is 11.7 Å². The highest BCUT2D eigenvalue weighted by atomic mass is 16.5. The first kappa shape index (κ1) is 14.9. The highest BCUT2D eigenvalue weighted by Gasteiger charge is 2.19. The summed E-state index contributed by atoms with van der Waals surface area (Å²) in [5, 5.41) is 14.0. The molecule has 0 saturated carbocycles. The number of phenolic OH excluding ortho intramolecular Hbond substituents is 1. The number of para-hydroxylation sites is 1. The zero-order chi connectivity index (χ0) is 15.4. The molecule has 0 unspecified atom stereocenters. The van der Waals surface area contributed by atoms with Gasteiger partial charge in [-0.25, -0.2) is 4.79 Å². The third-order valence-electron chi connectivity index (χ3n) is 3.18. The van der Waals surface area contributed by atoms with E-state index in [0.29, 0.717) is 30.1 Å². The molecule has 112 valence electrons. The molecule has 6 nitrogen and oxygen atoms in total. The quantitative estimate of drug-likeness (QED) is 0.825. The summed E-state index contributed by atoms with van der Waals surface area (Å²) in [5.74, 6) is -0.153. The largest absolute Gasteiger partial charge is 0.508 e. The van der Waals surface area contributed by atoms with E-state index in [1.54, 1.807) is 32.9 Å². The van der Waals surface area contributed by atoms with Crippen molar-refractivity contribution in [1.29, 1.82) is 0 Å². The summed E-state index contributed by atoms with van der Waals surface area (Å²) in [6.07, 6.45) is 0. The van der Waals surface area contributed by atoms with Crippen LogP contribution in [-0.2, 0) is 11.3 Å². The predicted molar refractivity (Wildman–Crippen MR) is 78.8 cm³/mol. The maximum Gasteiger partial charge on any atom is 0.341 e. The van der Waals surface area contributed by atoms with Crippen LogP contribution in [0, 0.1) is 13.8 Å². The van der Waals surface area contributed by atoms with Crippen LogP contribution in [0.5, 0.6) is 5.75 Å². The fraction of sp³-hybridized carbons (Fsp3) is 0.333. The van der Waals surface area contributed by atoms with Crippen molar-refractivity contribution in [2.75, 3.05) is 12.0 Å². The minimum Gasteiger partial charge on any atom is -0.508 e. The molecule has 0 aliphatic heterocycles. The van der Waals surface area contributed by atoms with Gasteiger partial charge in [0.15, 0.2) is 0 Å². The SMILES string of the molecule is CCOC(=O)c1c(C)nn(NCc2ccccc2O)c1C. The van der Waals surface area contributed by atoms with Crippen LogP contribution in [0.3, 0.4) is 0 Å². The van der Waals surface area contributed by atoms with Crippen molar-refractivity contribution in [2.45, 2.75) is 27.3 Å². The van der Waals surface area contributed by atoms with E-state index >= 15 is 0 Å². The number of nitrogens with zero attached hydrogens (tertiary/aromatic N) is 2. The second-order valence-electron chi connectivity index (χ2n) is 4.64. The number of hydrogen-bond acceptors (Lipinski definition) is 5. The Kier molecular flexibility index (Phi) is 4.47. The van der Waals surface area contributed by atoms with Gasteiger partial charge in [0.1, 0.15) is 11.3 Å². The smallest absolute Gasteiger partial charge is 0.341 e. The van der Waals surface area contributed by atoms with Crippen LogP contribution in [-0.4, -0.2) is 27.6 Å². The Morgan fingerprint density at radius 1 is 1.38 bits per heavy atom. The highest BCUT2D eigenvalue weighted by Crippen LogP contribution is 2.17. The normalized spacial score (nSPS) is 10.4. The summed E-state index contributed by atoms with van der Waals surface area (Å²) >= 11 is 0. The van der Waals surface area contributed by atoms with Crippen LogP contribution < -0.4 is 5.43 Å². The fourth-order valence-electron chi connectivity index (χ4n) is 2.12. The molecule has 1 aromatic carbocycles. The van der Waals surface area contributed by atoms with E-state index in [9.17, 15) is 9.90 Å². The molecule has 0 fully saturated rings. The zero-order valence-electron chi connectivity index (χ0n) is 12.4. The van der Waals surface area contributed by atoms with Gasteiger partial charge in [0.2, 0.25) is 0 Å². The van der Waals surface area contributed by atoms with Crippen LogP contribution >= 0.6 is 0 Å². The van der Waals surface area contributed by atoms with Crippen LogP contribution in [0.2, 0.25) is 0 Å². The number of carbonyl (C=O) groups excluding carboxylic acids is 1. The third-order valence-corrected chi connectivity index (χ3v) is 3.18. The standard InChI is InChI=1S/C15H19N3O3/c1-4-21-15(20)14-10(2)17-18(11(14)3)16-9-12-7-5-6-8-13(12)19/h5-8,16,19H,4,9H2,1-3H3. The number of aromatic hydroxyl groups is 1. The van der Waals surface area contributed by atoms with Gasteiger partial charge in [-0.05, 0) is 26.8 Å². The van der Waals surface area contributed by atoms with Crippen molar-refractivity contribution in [1.82, 2.24) is 9.89 Å². The average molecular weight is 289 g/mol. The topological polar surface area (TPSA) is 76.4 Å². The minimum absolute atomic E-state index is 0.220. The van der Waals surface area contributed by atoms with Gasteiger partial charge in [0, 0.05) is 5.56 Å². The molecule has 1 aromatic heterocycles. The van der Waals surface area contributed by atoms with Gasteiger partial charge in [-0.15, -0.1) is 0 Å². The van der Waals surface area contributed by atoms with Gasteiger partial charge < -0.3 is 15.3 Å². The van der Waals surface area contributed by atoms with E-state index in [1.807, 2.05) is 12.1 Å². The molecule has 0 spiro atoms. The molecule has 0 bridgehead atoms. The lowest BCUT2D eigenvalue weighted by atomic mass is 10.2. The second-order valence-corrected chi connectivity index (χ2v) is 4.64. The molecule has 1 heterocycles. The zero-order valence-corrected chi connectivity index (χ0v) is 12.4. The average Bonchev–Trinajstić information content (AvgIpc) is 2.73. The van der Waals surface area contributed by atoms with E-state index < -0.39 is 0 Å². The number of aryl methyl sites for hydroxylation is 1. The molecule has 0 radical (unpaired) electrons. The van der Waals surface area contributed by atoms with Gasteiger partial charge >= 0.3 is 5.97 Å². The van der Waals surface area contributed by atoms with Crippen LogP contribution in [0.25, 0.3) is 0 Å². The Bertz CT molecular complexity index is 650. The van der Waals surface area contributed by atoms with Crippen molar-refractivity contribution in [2.24, 2.45) is 0 Å². The Hall–Kier alpha value is -2.50.